The Bertz CT molecular complexity index is 667. The molecule has 2 fully saturated rings. The fourth-order valence-corrected chi connectivity index (χ4v) is 4.75. The normalized spacial score (nSPS) is 21.0. The van der Waals surface area contributed by atoms with Crippen molar-refractivity contribution in [2.75, 3.05) is 12.3 Å². The second-order valence-corrected chi connectivity index (χ2v) is 7.99. The van der Waals surface area contributed by atoms with E-state index in [2.05, 4.69) is 33.0 Å². The van der Waals surface area contributed by atoms with Crippen molar-refractivity contribution in [3.05, 3.63) is 28.2 Å². The molecule has 6 nitrogen and oxygen atoms in total. The molecule has 0 radical (unpaired) electrons. The zero-order chi connectivity index (χ0) is 15.6. The monoisotopic (exact) mass is 349 g/mol. The number of tetrazole rings is 1. The largest absolute Gasteiger partial charge is 0.334 e. The quantitative estimate of drug-likeness (QED) is 0.802. The lowest BCUT2D eigenvalue weighted by Gasteiger charge is -2.23. The summed E-state index contributed by atoms with van der Waals surface area (Å²) in [5, 5.41) is 14.0. The fraction of sp³-hybridized carbons (Fsp3) is 0.600. The van der Waals surface area contributed by atoms with Gasteiger partial charge in [0.05, 0.1) is 23.6 Å². The summed E-state index contributed by atoms with van der Waals surface area (Å²) in [5.74, 6) is 2.32. The van der Waals surface area contributed by atoms with Crippen molar-refractivity contribution in [1.29, 1.82) is 0 Å². The second kappa shape index (κ2) is 6.60. The Hall–Kier alpha value is -1.41. The van der Waals surface area contributed by atoms with Gasteiger partial charge in [0, 0.05) is 11.4 Å². The molecule has 3 heterocycles. The van der Waals surface area contributed by atoms with Crippen LogP contribution in [0.3, 0.4) is 0 Å². The molecule has 2 aliphatic rings. The minimum Gasteiger partial charge on any atom is -0.334 e. The molecule has 1 aliphatic heterocycles. The number of rotatable bonds is 6. The number of carbonyl (C=O) groups excluding carboxylic acids is 1. The highest BCUT2D eigenvalue weighted by molar-refractivity contribution is 7.99. The zero-order valence-electron chi connectivity index (χ0n) is 12.8. The van der Waals surface area contributed by atoms with Gasteiger partial charge in [0.1, 0.15) is 0 Å². The van der Waals surface area contributed by atoms with Crippen molar-refractivity contribution in [3.8, 4) is 0 Å². The molecule has 23 heavy (non-hydrogen) atoms. The third-order valence-electron chi connectivity index (χ3n) is 4.36. The van der Waals surface area contributed by atoms with E-state index in [1.165, 1.54) is 4.88 Å². The Labute approximate surface area is 143 Å². The molecule has 0 N–H and O–H groups in total. The molecular weight excluding hydrogens is 330 g/mol. The first-order valence-corrected chi connectivity index (χ1v) is 10.0. The highest BCUT2D eigenvalue weighted by atomic mass is 32.2. The van der Waals surface area contributed by atoms with Crippen LogP contribution in [0.25, 0.3) is 0 Å². The van der Waals surface area contributed by atoms with Crippen LogP contribution in [0.15, 0.2) is 17.5 Å². The molecule has 2 aromatic heterocycles. The zero-order valence-corrected chi connectivity index (χ0v) is 14.4. The first kappa shape index (κ1) is 15.1. The highest BCUT2D eigenvalue weighted by Gasteiger charge is 2.31. The van der Waals surface area contributed by atoms with Gasteiger partial charge < -0.3 is 4.90 Å². The predicted molar refractivity (Wildman–Crippen MR) is 90.3 cm³/mol. The van der Waals surface area contributed by atoms with Gasteiger partial charge in [-0.3, -0.25) is 4.79 Å². The number of amides is 1. The van der Waals surface area contributed by atoms with E-state index in [4.69, 9.17) is 0 Å². The molecule has 0 bridgehead atoms. The van der Waals surface area contributed by atoms with E-state index in [0.29, 0.717) is 17.5 Å². The maximum absolute atomic E-state index is 12.6. The Morgan fingerprint density at radius 1 is 1.39 bits per heavy atom. The summed E-state index contributed by atoms with van der Waals surface area (Å²) in [7, 11) is 0. The molecule has 1 amide bonds. The van der Waals surface area contributed by atoms with Crippen LogP contribution in [0.5, 0.6) is 0 Å². The number of thiophene rings is 1. The summed E-state index contributed by atoms with van der Waals surface area (Å²) in [6.07, 6.45) is 4.51. The third kappa shape index (κ3) is 3.28. The number of thioether (sulfide) groups is 1. The summed E-state index contributed by atoms with van der Waals surface area (Å²) in [5.41, 5.74) is 0. The van der Waals surface area contributed by atoms with Crippen molar-refractivity contribution in [3.63, 3.8) is 0 Å². The molecule has 0 aromatic carbocycles. The van der Waals surface area contributed by atoms with Crippen LogP contribution >= 0.6 is 23.1 Å². The first-order chi connectivity index (χ1) is 11.3. The first-order valence-electron chi connectivity index (χ1n) is 8.00. The standard InChI is InChI=1S/C15H19N5OS2/c21-15(19-7-1-3-12(19)13-4-2-8-23-13)10-22-9-14-16-17-18-20(14)11-5-6-11/h2,4,8,11-12H,1,3,5-7,9-10H2/t12-/m0/s1. The van der Waals surface area contributed by atoms with E-state index in [1.54, 1.807) is 23.1 Å². The van der Waals surface area contributed by atoms with Gasteiger partial charge >= 0.3 is 0 Å². The lowest BCUT2D eigenvalue weighted by molar-refractivity contribution is -0.129. The highest BCUT2D eigenvalue weighted by Crippen LogP contribution is 2.36. The number of hydrogen-bond donors (Lipinski definition) is 0. The number of hydrogen-bond acceptors (Lipinski definition) is 6. The van der Waals surface area contributed by atoms with Gasteiger partial charge in [-0.25, -0.2) is 4.68 Å². The van der Waals surface area contributed by atoms with Crippen molar-refractivity contribution in [2.24, 2.45) is 0 Å². The third-order valence-corrected chi connectivity index (χ3v) is 6.24. The van der Waals surface area contributed by atoms with E-state index in [1.807, 2.05) is 9.58 Å². The predicted octanol–water partition coefficient (Wildman–Crippen LogP) is 2.67. The van der Waals surface area contributed by atoms with Gasteiger partial charge in [0.25, 0.3) is 0 Å². The molecular formula is C15H19N5OS2. The molecule has 1 aliphatic carbocycles. The Kier molecular flexibility index (Phi) is 4.35. The minimum atomic E-state index is 0.233. The van der Waals surface area contributed by atoms with Crippen LogP contribution in [0.1, 0.15) is 48.5 Å². The van der Waals surface area contributed by atoms with E-state index in [0.717, 1.165) is 38.1 Å². The number of aromatic nitrogens is 4. The van der Waals surface area contributed by atoms with E-state index < -0.39 is 0 Å². The van der Waals surface area contributed by atoms with Gasteiger partial charge in [0.15, 0.2) is 5.82 Å². The van der Waals surface area contributed by atoms with Crippen LogP contribution < -0.4 is 0 Å². The van der Waals surface area contributed by atoms with Gasteiger partial charge in [0.2, 0.25) is 5.91 Å². The summed E-state index contributed by atoms with van der Waals surface area (Å²) in [6, 6.07) is 4.96. The van der Waals surface area contributed by atoms with Gasteiger partial charge in [-0.1, -0.05) is 6.07 Å². The number of carbonyl (C=O) groups is 1. The Morgan fingerprint density at radius 2 is 2.30 bits per heavy atom. The average Bonchev–Trinajstić information content (AvgIpc) is 3.03. The van der Waals surface area contributed by atoms with Gasteiger partial charge in [-0.2, -0.15) is 0 Å². The topological polar surface area (TPSA) is 63.9 Å². The van der Waals surface area contributed by atoms with Crippen LogP contribution in [-0.4, -0.2) is 43.3 Å². The molecule has 8 heteroatoms. The number of likely N-dealkylation sites (tertiary alicyclic amines) is 1. The molecule has 1 atom stereocenters. The SMILES string of the molecule is O=C(CSCc1nnnn1C1CC1)N1CCC[C@H]1c1cccs1. The van der Waals surface area contributed by atoms with Crippen molar-refractivity contribution in [2.45, 2.75) is 43.5 Å². The van der Waals surface area contributed by atoms with Crippen LogP contribution in [0.2, 0.25) is 0 Å². The Morgan fingerprint density at radius 3 is 3.09 bits per heavy atom. The summed E-state index contributed by atoms with van der Waals surface area (Å²) in [4.78, 5) is 15.9. The molecule has 4 rings (SSSR count). The van der Waals surface area contributed by atoms with Crippen molar-refractivity contribution >= 4 is 29.0 Å². The lowest BCUT2D eigenvalue weighted by Crippen LogP contribution is -2.31. The summed E-state index contributed by atoms with van der Waals surface area (Å²) >= 11 is 3.36. The van der Waals surface area contributed by atoms with Gasteiger partial charge in [-0.15, -0.1) is 28.2 Å². The van der Waals surface area contributed by atoms with Crippen LogP contribution in [0, 0.1) is 0 Å². The molecule has 2 aromatic rings. The molecule has 1 saturated carbocycles. The lowest BCUT2D eigenvalue weighted by atomic mass is 10.2. The van der Waals surface area contributed by atoms with E-state index >= 15 is 0 Å². The fourth-order valence-electron chi connectivity index (χ4n) is 3.06. The van der Waals surface area contributed by atoms with Crippen LogP contribution in [-0.2, 0) is 10.5 Å². The molecule has 0 spiro atoms. The van der Waals surface area contributed by atoms with Crippen molar-refractivity contribution < 1.29 is 4.79 Å². The smallest absolute Gasteiger partial charge is 0.233 e. The van der Waals surface area contributed by atoms with E-state index in [9.17, 15) is 4.79 Å². The molecule has 1 saturated heterocycles. The number of nitrogens with zero attached hydrogens (tertiary/aromatic N) is 5. The summed E-state index contributed by atoms with van der Waals surface area (Å²) in [6.45, 7) is 0.877. The Balaban J connectivity index is 1.32. The molecule has 122 valence electrons. The van der Waals surface area contributed by atoms with Crippen molar-refractivity contribution in [1.82, 2.24) is 25.1 Å². The van der Waals surface area contributed by atoms with Crippen LogP contribution in [0.4, 0.5) is 0 Å². The molecule has 0 unspecified atom stereocenters. The van der Waals surface area contributed by atoms with Gasteiger partial charge in [-0.05, 0) is 47.6 Å². The average molecular weight is 349 g/mol. The minimum absolute atomic E-state index is 0.233. The maximum atomic E-state index is 12.6. The summed E-state index contributed by atoms with van der Waals surface area (Å²) < 4.78 is 1.92. The maximum Gasteiger partial charge on any atom is 0.233 e. The van der Waals surface area contributed by atoms with E-state index in [-0.39, 0.29) is 11.9 Å². The second-order valence-electron chi connectivity index (χ2n) is 6.02.